The van der Waals surface area contributed by atoms with Crippen molar-refractivity contribution in [1.82, 2.24) is 5.32 Å². The van der Waals surface area contributed by atoms with Gasteiger partial charge in [-0.3, -0.25) is 0 Å². The highest BCUT2D eigenvalue weighted by Crippen LogP contribution is 2.32. The smallest absolute Gasteiger partial charge is 0.313 e. The number of alkyl halides is 3. The van der Waals surface area contributed by atoms with Crippen LogP contribution in [0.2, 0.25) is 0 Å². The zero-order valence-corrected chi connectivity index (χ0v) is 12.9. The Bertz CT molecular complexity index is 448. The largest absolute Gasteiger partial charge is 0.393 e. The van der Waals surface area contributed by atoms with Crippen molar-refractivity contribution in [3.63, 3.8) is 0 Å². The maximum absolute atomic E-state index is 12.6. The Hall–Kier alpha value is -1.03. The van der Waals surface area contributed by atoms with Crippen LogP contribution < -0.4 is 5.32 Å². The highest BCUT2D eigenvalue weighted by molar-refractivity contribution is 5.28. The highest BCUT2D eigenvalue weighted by Gasteiger charge is 2.41. The third-order valence-corrected chi connectivity index (χ3v) is 4.28. The van der Waals surface area contributed by atoms with Gasteiger partial charge in [-0.25, -0.2) is 0 Å². The number of nitrogens with one attached hydrogen (secondary N) is 1. The first-order chi connectivity index (χ1) is 9.66. The SMILES string of the molecule is CC(C)(C)c1ccc(CC2CCC(C(F)(F)F)CN2)cc1. The molecule has 1 aromatic carbocycles. The van der Waals surface area contributed by atoms with Gasteiger partial charge in [-0.15, -0.1) is 0 Å². The molecule has 0 bridgehead atoms. The Morgan fingerprint density at radius 1 is 1.05 bits per heavy atom. The standard InChI is InChI=1S/C17H24F3N/c1-16(2,3)13-6-4-12(5-7-13)10-15-9-8-14(11-21-15)17(18,19)20/h4-7,14-15,21H,8-11H2,1-3H3. The lowest BCUT2D eigenvalue weighted by Gasteiger charge is -2.31. The summed E-state index contributed by atoms with van der Waals surface area (Å²) in [5.74, 6) is -1.18. The predicted molar refractivity (Wildman–Crippen MR) is 79.4 cm³/mol. The van der Waals surface area contributed by atoms with Crippen LogP contribution in [0.5, 0.6) is 0 Å². The third kappa shape index (κ3) is 4.47. The van der Waals surface area contributed by atoms with Crippen molar-refractivity contribution >= 4 is 0 Å². The van der Waals surface area contributed by atoms with Crippen LogP contribution in [0, 0.1) is 5.92 Å². The lowest BCUT2D eigenvalue weighted by atomic mass is 9.85. The molecule has 4 heteroatoms. The number of piperidine rings is 1. The fourth-order valence-electron chi connectivity index (χ4n) is 2.79. The first-order valence-electron chi connectivity index (χ1n) is 7.56. The summed E-state index contributed by atoms with van der Waals surface area (Å²) in [4.78, 5) is 0. The van der Waals surface area contributed by atoms with Gasteiger partial charge in [0.05, 0.1) is 5.92 Å². The van der Waals surface area contributed by atoms with Gasteiger partial charge in [0.1, 0.15) is 0 Å². The first kappa shape index (κ1) is 16.3. The van der Waals surface area contributed by atoms with E-state index in [1.807, 2.05) is 0 Å². The molecule has 1 aromatic rings. The number of hydrogen-bond acceptors (Lipinski definition) is 1. The lowest BCUT2D eigenvalue weighted by Crippen LogP contribution is -2.45. The molecule has 2 unspecified atom stereocenters. The van der Waals surface area contributed by atoms with Crippen LogP contribution in [0.15, 0.2) is 24.3 Å². The molecular formula is C17H24F3N. The Morgan fingerprint density at radius 3 is 2.10 bits per heavy atom. The van der Waals surface area contributed by atoms with Gasteiger partial charge >= 0.3 is 6.18 Å². The van der Waals surface area contributed by atoms with Crippen LogP contribution in [0.25, 0.3) is 0 Å². The second-order valence-corrected chi connectivity index (χ2v) is 7.07. The first-order valence-corrected chi connectivity index (χ1v) is 7.56. The van der Waals surface area contributed by atoms with E-state index in [0.717, 1.165) is 6.42 Å². The van der Waals surface area contributed by atoms with E-state index in [9.17, 15) is 13.2 Å². The Labute approximate surface area is 124 Å². The molecule has 0 aromatic heterocycles. The molecular weight excluding hydrogens is 275 g/mol. The van der Waals surface area contributed by atoms with E-state index < -0.39 is 12.1 Å². The summed E-state index contributed by atoms with van der Waals surface area (Å²) in [7, 11) is 0. The van der Waals surface area contributed by atoms with Crippen molar-refractivity contribution in [3.8, 4) is 0 Å². The van der Waals surface area contributed by atoms with Gasteiger partial charge in [-0.05, 0) is 35.8 Å². The summed E-state index contributed by atoms with van der Waals surface area (Å²) < 4.78 is 37.8. The highest BCUT2D eigenvalue weighted by atomic mass is 19.4. The fourth-order valence-corrected chi connectivity index (χ4v) is 2.79. The quantitative estimate of drug-likeness (QED) is 0.850. The normalized spacial score (nSPS) is 24.1. The average Bonchev–Trinajstić information content (AvgIpc) is 2.38. The van der Waals surface area contributed by atoms with E-state index in [-0.39, 0.29) is 24.4 Å². The minimum atomic E-state index is -4.06. The second-order valence-electron chi connectivity index (χ2n) is 7.07. The summed E-state index contributed by atoms with van der Waals surface area (Å²) >= 11 is 0. The minimum absolute atomic E-state index is 0.0498. The maximum atomic E-state index is 12.6. The Morgan fingerprint density at radius 2 is 1.67 bits per heavy atom. The topological polar surface area (TPSA) is 12.0 Å². The van der Waals surface area contributed by atoms with Gasteiger partial charge in [-0.1, -0.05) is 45.0 Å². The summed E-state index contributed by atoms with van der Waals surface area (Å²) in [6.07, 6.45) is -2.44. The van der Waals surface area contributed by atoms with Crippen molar-refractivity contribution in [2.24, 2.45) is 5.92 Å². The molecule has 0 radical (unpaired) electrons. The monoisotopic (exact) mass is 299 g/mol. The molecule has 2 rings (SSSR count). The molecule has 0 spiro atoms. The molecule has 1 fully saturated rings. The van der Waals surface area contributed by atoms with Crippen LogP contribution in [0.3, 0.4) is 0 Å². The molecule has 0 aliphatic carbocycles. The van der Waals surface area contributed by atoms with E-state index in [1.54, 1.807) is 0 Å². The zero-order valence-electron chi connectivity index (χ0n) is 12.9. The van der Waals surface area contributed by atoms with Crippen LogP contribution in [-0.2, 0) is 11.8 Å². The Kier molecular flexibility index (Phi) is 4.66. The molecule has 2 atom stereocenters. The van der Waals surface area contributed by atoms with Crippen molar-refractivity contribution in [2.45, 2.75) is 57.7 Å². The van der Waals surface area contributed by atoms with E-state index in [0.29, 0.717) is 6.42 Å². The van der Waals surface area contributed by atoms with Gasteiger partial charge in [0.15, 0.2) is 0 Å². The van der Waals surface area contributed by atoms with Crippen LogP contribution in [-0.4, -0.2) is 18.8 Å². The van der Waals surface area contributed by atoms with E-state index >= 15 is 0 Å². The molecule has 0 saturated carbocycles. The van der Waals surface area contributed by atoms with Crippen molar-refractivity contribution in [3.05, 3.63) is 35.4 Å². The number of halogens is 3. The molecule has 1 N–H and O–H groups in total. The molecule has 21 heavy (non-hydrogen) atoms. The fraction of sp³-hybridized carbons (Fsp3) is 0.647. The van der Waals surface area contributed by atoms with Crippen molar-refractivity contribution in [2.75, 3.05) is 6.54 Å². The van der Waals surface area contributed by atoms with Gasteiger partial charge in [0.25, 0.3) is 0 Å². The van der Waals surface area contributed by atoms with Crippen LogP contribution >= 0.6 is 0 Å². The lowest BCUT2D eigenvalue weighted by molar-refractivity contribution is -0.179. The molecule has 0 amide bonds. The van der Waals surface area contributed by atoms with E-state index in [2.05, 4.69) is 50.4 Å². The number of hydrogen-bond donors (Lipinski definition) is 1. The maximum Gasteiger partial charge on any atom is 0.393 e. The van der Waals surface area contributed by atoms with Gasteiger partial charge < -0.3 is 5.32 Å². The molecule has 1 saturated heterocycles. The minimum Gasteiger partial charge on any atom is -0.313 e. The average molecular weight is 299 g/mol. The zero-order chi connectivity index (χ0) is 15.7. The summed E-state index contributed by atoms with van der Waals surface area (Å²) in [5.41, 5.74) is 2.59. The number of rotatable bonds is 2. The van der Waals surface area contributed by atoms with Gasteiger partial charge in [-0.2, -0.15) is 13.2 Å². The van der Waals surface area contributed by atoms with Crippen LogP contribution in [0.4, 0.5) is 13.2 Å². The van der Waals surface area contributed by atoms with Crippen molar-refractivity contribution in [1.29, 1.82) is 0 Å². The Balaban J connectivity index is 1.89. The molecule has 1 nitrogen and oxygen atoms in total. The predicted octanol–water partition coefficient (Wildman–Crippen LogP) is 4.46. The summed E-state index contributed by atoms with van der Waals surface area (Å²) in [6.45, 7) is 6.56. The van der Waals surface area contributed by atoms with Crippen molar-refractivity contribution < 1.29 is 13.2 Å². The molecule has 118 valence electrons. The van der Waals surface area contributed by atoms with Crippen LogP contribution in [0.1, 0.15) is 44.7 Å². The molecule has 1 aliphatic rings. The molecule has 1 aliphatic heterocycles. The van der Waals surface area contributed by atoms with Gasteiger partial charge in [0, 0.05) is 12.6 Å². The number of benzene rings is 1. The van der Waals surface area contributed by atoms with Gasteiger partial charge in [0.2, 0.25) is 0 Å². The molecule has 1 heterocycles. The third-order valence-electron chi connectivity index (χ3n) is 4.28. The summed E-state index contributed by atoms with van der Waals surface area (Å²) in [5, 5.41) is 3.05. The second kappa shape index (κ2) is 5.99. The summed E-state index contributed by atoms with van der Waals surface area (Å²) in [6, 6.07) is 8.59. The van der Waals surface area contributed by atoms with E-state index in [4.69, 9.17) is 0 Å². The van der Waals surface area contributed by atoms with E-state index in [1.165, 1.54) is 11.1 Å².